The Kier molecular flexibility index (Phi) is 5.59. The number of hydrogen-bond acceptors (Lipinski definition) is 7. The van der Waals surface area contributed by atoms with Crippen LogP contribution in [0.2, 0.25) is 0 Å². The lowest BCUT2D eigenvalue weighted by Crippen LogP contribution is -2.07. The number of para-hydroxylation sites is 1. The molecule has 0 fully saturated rings. The Bertz CT molecular complexity index is 1480. The van der Waals surface area contributed by atoms with Crippen molar-refractivity contribution in [3.8, 4) is 23.0 Å². The van der Waals surface area contributed by atoms with Crippen LogP contribution in [0, 0.1) is 0 Å². The van der Waals surface area contributed by atoms with Gasteiger partial charge < -0.3 is 23.4 Å². The fourth-order valence-corrected chi connectivity index (χ4v) is 4.02. The van der Waals surface area contributed by atoms with E-state index < -0.39 is 5.97 Å². The monoisotopic (exact) mass is 520 g/mol. The fourth-order valence-electron chi connectivity index (χ4n) is 3.64. The standard InChI is InChI=1S/C26H17BrO7/c1-30-19-9-6-16(27)10-15(19)12-22-24(28)18-8-7-17(13-21(18)33-22)32-26(29)23-11-14-4-3-5-20(31-2)25(14)34-23/h3-13H,1-2H3/b22-12-. The van der Waals surface area contributed by atoms with Gasteiger partial charge in [-0.15, -0.1) is 0 Å². The highest BCUT2D eigenvalue weighted by Gasteiger charge is 2.29. The van der Waals surface area contributed by atoms with E-state index in [1.807, 2.05) is 12.1 Å². The van der Waals surface area contributed by atoms with Crippen LogP contribution in [-0.4, -0.2) is 26.0 Å². The van der Waals surface area contributed by atoms with Crippen LogP contribution in [0.3, 0.4) is 0 Å². The molecule has 0 atom stereocenters. The summed E-state index contributed by atoms with van der Waals surface area (Å²) >= 11 is 3.42. The molecule has 34 heavy (non-hydrogen) atoms. The molecule has 0 radical (unpaired) electrons. The summed E-state index contributed by atoms with van der Waals surface area (Å²) in [5.41, 5.74) is 1.51. The van der Waals surface area contributed by atoms with Crippen molar-refractivity contribution in [2.45, 2.75) is 0 Å². The van der Waals surface area contributed by atoms with Crippen LogP contribution in [0.25, 0.3) is 17.0 Å². The first kappa shape index (κ1) is 21.8. The van der Waals surface area contributed by atoms with Crippen LogP contribution >= 0.6 is 15.9 Å². The number of furan rings is 1. The second-order valence-corrected chi connectivity index (χ2v) is 8.28. The largest absolute Gasteiger partial charge is 0.496 e. The Balaban J connectivity index is 1.39. The first-order valence-electron chi connectivity index (χ1n) is 10.2. The Morgan fingerprint density at radius 1 is 0.971 bits per heavy atom. The van der Waals surface area contributed by atoms with E-state index in [4.69, 9.17) is 23.4 Å². The number of ketones is 1. The van der Waals surface area contributed by atoms with Crippen LogP contribution < -0.4 is 18.9 Å². The van der Waals surface area contributed by atoms with Crippen LogP contribution in [0.1, 0.15) is 26.5 Å². The summed E-state index contributed by atoms with van der Waals surface area (Å²) in [5.74, 6) is 0.824. The first-order valence-corrected chi connectivity index (χ1v) is 11.0. The quantitative estimate of drug-likeness (QED) is 0.180. The molecule has 0 bridgehead atoms. The van der Waals surface area contributed by atoms with Crippen molar-refractivity contribution in [2.24, 2.45) is 0 Å². The fraction of sp³-hybridized carbons (Fsp3) is 0.0769. The lowest BCUT2D eigenvalue weighted by atomic mass is 10.1. The molecule has 0 saturated heterocycles. The van der Waals surface area contributed by atoms with Crippen LogP contribution in [0.5, 0.6) is 23.0 Å². The Hall–Kier alpha value is -4.04. The Morgan fingerprint density at radius 3 is 2.59 bits per heavy atom. The number of allylic oxidation sites excluding steroid dienone is 1. The van der Waals surface area contributed by atoms with Gasteiger partial charge >= 0.3 is 5.97 Å². The molecule has 0 saturated carbocycles. The number of Topliss-reactive ketones (excluding diaryl/α,β-unsaturated/α-hetero) is 1. The number of ether oxygens (including phenoxy) is 4. The minimum absolute atomic E-state index is 0.0272. The predicted octanol–water partition coefficient (Wildman–Crippen LogP) is 6.05. The third-order valence-corrected chi connectivity index (χ3v) is 5.75. The van der Waals surface area contributed by atoms with Gasteiger partial charge in [0.2, 0.25) is 11.5 Å². The molecule has 4 aromatic rings. The SMILES string of the molecule is COc1ccc(Br)cc1/C=C1\Oc2cc(OC(=O)c3cc4cccc(OC)c4o3)ccc2C1=O. The molecule has 0 spiro atoms. The normalized spacial score (nSPS) is 13.6. The number of benzene rings is 3. The molecular formula is C26H17BrO7. The molecule has 8 heteroatoms. The number of rotatable bonds is 5. The average Bonchev–Trinajstić information content (AvgIpc) is 3.40. The van der Waals surface area contributed by atoms with E-state index in [2.05, 4.69) is 15.9 Å². The summed E-state index contributed by atoms with van der Waals surface area (Å²) in [6.07, 6.45) is 1.61. The average molecular weight is 521 g/mol. The highest BCUT2D eigenvalue weighted by Crippen LogP contribution is 2.37. The number of halogens is 1. The van der Waals surface area contributed by atoms with Gasteiger partial charge in [0.05, 0.1) is 19.8 Å². The molecule has 5 rings (SSSR count). The lowest BCUT2D eigenvalue weighted by Gasteiger charge is -2.06. The summed E-state index contributed by atoms with van der Waals surface area (Å²) < 4.78 is 28.3. The number of methoxy groups -OCH3 is 2. The van der Waals surface area contributed by atoms with Crippen molar-refractivity contribution in [2.75, 3.05) is 14.2 Å². The second kappa shape index (κ2) is 8.72. The summed E-state index contributed by atoms with van der Waals surface area (Å²) in [6.45, 7) is 0. The van der Waals surface area contributed by atoms with Gasteiger partial charge in [-0.2, -0.15) is 0 Å². The van der Waals surface area contributed by atoms with E-state index in [1.54, 1.807) is 49.6 Å². The summed E-state index contributed by atoms with van der Waals surface area (Å²) in [7, 11) is 3.08. The van der Waals surface area contributed by atoms with E-state index in [1.165, 1.54) is 19.2 Å². The number of hydrogen-bond donors (Lipinski definition) is 0. The molecule has 7 nitrogen and oxygen atoms in total. The van der Waals surface area contributed by atoms with E-state index >= 15 is 0 Å². The second-order valence-electron chi connectivity index (χ2n) is 7.36. The first-order chi connectivity index (χ1) is 16.5. The molecule has 1 aromatic heterocycles. The number of carbonyl (C=O) groups excluding carboxylic acids is 2. The van der Waals surface area contributed by atoms with E-state index in [0.717, 1.165) is 4.47 Å². The maximum atomic E-state index is 12.8. The summed E-state index contributed by atoms with van der Waals surface area (Å²) in [5, 5.41) is 0.715. The molecular weight excluding hydrogens is 504 g/mol. The maximum absolute atomic E-state index is 12.8. The molecule has 0 amide bonds. The topological polar surface area (TPSA) is 84.2 Å². The zero-order chi connectivity index (χ0) is 23.8. The van der Waals surface area contributed by atoms with Gasteiger partial charge in [0.15, 0.2) is 17.1 Å². The molecule has 2 heterocycles. The Labute approximate surface area is 202 Å². The maximum Gasteiger partial charge on any atom is 0.379 e. The highest BCUT2D eigenvalue weighted by atomic mass is 79.9. The van der Waals surface area contributed by atoms with Crippen LogP contribution in [0.4, 0.5) is 0 Å². The van der Waals surface area contributed by atoms with Gasteiger partial charge in [-0.3, -0.25) is 4.79 Å². The van der Waals surface area contributed by atoms with Crippen molar-refractivity contribution < 1.29 is 33.0 Å². The third-order valence-electron chi connectivity index (χ3n) is 5.26. The molecule has 0 aliphatic carbocycles. The predicted molar refractivity (Wildman–Crippen MR) is 128 cm³/mol. The van der Waals surface area contributed by atoms with E-state index in [9.17, 15) is 9.59 Å². The van der Waals surface area contributed by atoms with Crippen molar-refractivity contribution in [3.63, 3.8) is 0 Å². The van der Waals surface area contributed by atoms with Crippen molar-refractivity contribution in [1.82, 2.24) is 0 Å². The summed E-state index contributed by atoms with van der Waals surface area (Å²) in [6, 6.07) is 17.0. The highest BCUT2D eigenvalue weighted by molar-refractivity contribution is 9.10. The smallest absolute Gasteiger partial charge is 0.379 e. The van der Waals surface area contributed by atoms with Crippen molar-refractivity contribution >= 4 is 44.7 Å². The minimum atomic E-state index is -0.683. The van der Waals surface area contributed by atoms with Crippen LogP contribution in [-0.2, 0) is 0 Å². The molecule has 0 N–H and O–H groups in total. The van der Waals surface area contributed by atoms with E-state index in [0.29, 0.717) is 39.3 Å². The number of carbonyl (C=O) groups is 2. The molecule has 170 valence electrons. The van der Waals surface area contributed by atoms with Gasteiger partial charge in [0, 0.05) is 21.5 Å². The van der Waals surface area contributed by atoms with Gasteiger partial charge in [-0.05, 0) is 48.5 Å². The molecule has 1 aliphatic rings. The zero-order valence-electron chi connectivity index (χ0n) is 18.1. The Morgan fingerprint density at radius 2 is 1.79 bits per heavy atom. The van der Waals surface area contributed by atoms with Gasteiger partial charge in [-0.25, -0.2) is 4.79 Å². The van der Waals surface area contributed by atoms with E-state index in [-0.39, 0.29) is 23.1 Å². The minimum Gasteiger partial charge on any atom is -0.496 e. The molecule has 0 unspecified atom stereocenters. The van der Waals surface area contributed by atoms with Gasteiger partial charge in [0.1, 0.15) is 17.2 Å². The number of esters is 1. The third kappa shape index (κ3) is 3.92. The number of fused-ring (bicyclic) bond motifs is 2. The zero-order valence-corrected chi connectivity index (χ0v) is 19.7. The van der Waals surface area contributed by atoms with Gasteiger partial charge in [0.25, 0.3) is 0 Å². The molecule has 3 aromatic carbocycles. The van der Waals surface area contributed by atoms with Crippen molar-refractivity contribution in [3.05, 3.63) is 87.8 Å². The van der Waals surface area contributed by atoms with Crippen LogP contribution in [0.15, 0.2) is 75.3 Å². The summed E-state index contributed by atoms with van der Waals surface area (Å²) in [4.78, 5) is 25.5. The lowest BCUT2D eigenvalue weighted by molar-refractivity contribution is 0.0703. The van der Waals surface area contributed by atoms with Crippen molar-refractivity contribution in [1.29, 1.82) is 0 Å². The molecule has 1 aliphatic heterocycles. The van der Waals surface area contributed by atoms with Gasteiger partial charge in [-0.1, -0.05) is 28.1 Å².